The molecule has 104 valence electrons. The van der Waals surface area contributed by atoms with E-state index >= 15 is 0 Å². The Bertz CT molecular complexity index is 176. The van der Waals surface area contributed by atoms with Crippen LogP contribution in [0.4, 0.5) is 0 Å². The molecule has 2 nitrogen and oxygen atoms in total. The van der Waals surface area contributed by atoms with Gasteiger partial charge in [0.2, 0.25) is 0 Å². The van der Waals surface area contributed by atoms with Gasteiger partial charge in [-0.3, -0.25) is 0 Å². The van der Waals surface area contributed by atoms with E-state index in [0.717, 1.165) is 0 Å². The van der Waals surface area contributed by atoms with Gasteiger partial charge in [0.15, 0.2) is 0 Å². The predicted octanol–water partition coefficient (Wildman–Crippen LogP) is 3.67. The van der Waals surface area contributed by atoms with Crippen LogP contribution in [0.5, 0.6) is 0 Å². The van der Waals surface area contributed by atoms with E-state index in [-0.39, 0.29) is 5.54 Å². The Balaban J connectivity index is 3.83. The molecule has 17 heavy (non-hydrogen) atoms. The lowest BCUT2D eigenvalue weighted by atomic mass is 9.89. The summed E-state index contributed by atoms with van der Waals surface area (Å²) in [6, 6.07) is 0.587. The molecule has 0 heterocycles. The van der Waals surface area contributed by atoms with Gasteiger partial charge in [0, 0.05) is 11.6 Å². The van der Waals surface area contributed by atoms with Gasteiger partial charge in [-0.15, -0.1) is 0 Å². The van der Waals surface area contributed by atoms with Crippen LogP contribution in [0.15, 0.2) is 0 Å². The Labute approximate surface area is 109 Å². The molecule has 0 amide bonds. The first-order chi connectivity index (χ1) is 7.96. The Morgan fingerprint density at radius 1 is 1.00 bits per heavy atom. The Kier molecular flexibility index (Phi) is 8.89. The van der Waals surface area contributed by atoms with Gasteiger partial charge in [0.1, 0.15) is 0 Å². The zero-order valence-corrected chi connectivity index (χ0v) is 13.0. The van der Waals surface area contributed by atoms with Crippen molar-refractivity contribution >= 4 is 0 Å². The average molecular weight is 242 g/mol. The van der Waals surface area contributed by atoms with Gasteiger partial charge in [0.25, 0.3) is 0 Å². The summed E-state index contributed by atoms with van der Waals surface area (Å²) in [5.74, 6) is 0. The molecule has 0 saturated heterocycles. The molecule has 2 heteroatoms. The second-order valence-electron chi connectivity index (χ2n) is 5.95. The lowest BCUT2D eigenvalue weighted by molar-refractivity contribution is 0.135. The predicted molar refractivity (Wildman–Crippen MR) is 78.6 cm³/mol. The maximum absolute atomic E-state index is 3.48. The minimum absolute atomic E-state index is 0.234. The average Bonchev–Trinajstić information content (AvgIpc) is 2.27. The molecule has 0 fully saturated rings. The zero-order chi connectivity index (χ0) is 13.3. The Morgan fingerprint density at radius 3 is 2.00 bits per heavy atom. The van der Waals surface area contributed by atoms with Crippen LogP contribution in [0, 0.1) is 0 Å². The molecule has 0 bridgehead atoms. The second-order valence-corrected chi connectivity index (χ2v) is 5.95. The molecule has 0 aliphatic rings. The number of unbranched alkanes of at least 4 members (excludes halogenated alkanes) is 5. The summed E-state index contributed by atoms with van der Waals surface area (Å²) in [5, 5.41) is 3.48. The van der Waals surface area contributed by atoms with E-state index in [2.05, 4.69) is 52.1 Å². The van der Waals surface area contributed by atoms with Gasteiger partial charge >= 0.3 is 0 Å². The second kappa shape index (κ2) is 8.93. The highest BCUT2D eigenvalue weighted by Crippen LogP contribution is 2.20. The van der Waals surface area contributed by atoms with Crippen molar-refractivity contribution in [1.82, 2.24) is 10.2 Å². The van der Waals surface area contributed by atoms with E-state index in [1.807, 2.05) is 0 Å². The largest absolute Gasteiger partial charge is 0.315 e. The molecular formula is C15H34N2. The number of hydrogen-bond acceptors (Lipinski definition) is 2. The molecule has 0 rings (SSSR count). The first-order valence-corrected chi connectivity index (χ1v) is 7.31. The van der Waals surface area contributed by atoms with E-state index in [9.17, 15) is 0 Å². The van der Waals surface area contributed by atoms with E-state index in [0.29, 0.717) is 6.04 Å². The molecule has 0 saturated carbocycles. The lowest BCUT2D eigenvalue weighted by Gasteiger charge is -2.40. The summed E-state index contributed by atoms with van der Waals surface area (Å²) in [4.78, 5) is 2.32. The van der Waals surface area contributed by atoms with Crippen molar-refractivity contribution < 1.29 is 0 Å². The van der Waals surface area contributed by atoms with E-state index < -0.39 is 0 Å². The van der Waals surface area contributed by atoms with Gasteiger partial charge < -0.3 is 10.2 Å². The molecule has 0 aromatic rings. The number of nitrogens with one attached hydrogen (secondary N) is 1. The third-order valence-electron chi connectivity index (χ3n) is 4.20. The van der Waals surface area contributed by atoms with E-state index in [4.69, 9.17) is 0 Å². The third-order valence-corrected chi connectivity index (χ3v) is 4.20. The molecule has 0 aliphatic carbocycles. The van der Waals surface area contributed by atoms with Gasteiger partial charge in [-0.1, -0.05) is 45.4 Å². The normalized spacial score (nSPS) is 14.3. The summed E-state index contributed by atoms with van der Waals surface area (Å²) in [6.07, 6.45) is 9.60. The molecule has 0 aliphatic heterocycles. The van der Waals surface area contributed by atoms with Gasteiger partial charge in [-0.05, 0) is 41.4 Å². The van der Waals surface area contributed by atoms with Crippen molar-refractivity contribution in [2.24, 2.45) is 0 Å². The number of nitrogens with zero attached hydrogens (tertiary/aromatic N) is 1. The van der Waals surface area contributed by atoms with Crippen LogP contribution in [0.3, 0.4) is 0 Å². The quantitative estimate of drug-likeness (QED) is 0.588. The monoisotopic (exact) mass is 242 g/mol. The fourth-order valence-corrected chi connectivity index (χ4v) is 2.29. The van der Waals surface area contributed by atoms with Crippen LogP contribution in [-0.2, 0) is 0 Å². The number of hydrogen-bond donors (Lipinski definition) is 1. The van der Waals surface area contributed by atoms with Crippen molar-refractivity contribution in [1.29, 1.82) is 0 Å². The first kappa shape index (κ1) is 16.9. The highest BCUT2D eigenvalue weighted by atomic mass is 15.2. The molecule has 1 N–H and O–H groups in total. The smallest absolute Gasteiger partial charge is 0.0300 e. The molecule has 1 atom stereocenters. The minimum atomic E-state index is 0.234. The highest BCUT2D eigenvalue weighted by Gasteiger charge is 2.29. The zero-order valence-electron chi connectivity index (χ0n) is 13.0. The molecular weight excluding hydrogens is 208 g/mol. The lowest BCUT2D eigenvalue weighted by Crippen LogP contribution is -2.54. The molecule has 0 spiro atoms. The molecule has 0 radical (unpaired) electrons. The minimum Gasteiger partial charge on any atom is -0.315 e. The summed E-state index contributed by atoms with van der Waals surface area (Å²) in [5.41, 5.74) is 0.234. The van der Waals surface area contributed by atoms with Crippen LogP contribution < -0.4 is 5.32 Å². The van der Waals surface area contributed by atoms with Crippen molar-refractivity contribution in [2.75, 3.05) is 21.1 Å². The molecule has 0 aromatic carbocycles. The van der Waals surface area contributed by atoms with Crippen molar-refractivity contribution in [3.8, 4) is 0 Å². The summed E-state index contributed by atoms with van der Waals surface area (Å²) < 4.78 is 0. The standard InChI is InChI=1S/C15H34N2/c1-7-8-9-10-11-12-13-14(16-4)15(2,3)17(5)6/h14,16H,7-13H2,1-6H3. The molecule has 1 unspecified atom stereocenters. The molecule has 0 aromatic heterocycles. The first-order valence-electron chi connectivity index (χ1n) is 7.31. The summed E-state index contributed by atoms with van der Waals surface area (Å²) in [7, 11) is 6.43. The third kappa shape index (κ3) is 6.42. The number of likely N-dealkylation sites (N-methyl/N-ethyl adjacent to an activating group) is 2. The van der Waals surface area contributed by atoms with E-state index in [1.54, 1.807) is 0 Å². The number of rotatable bonds is 10. The fraction of sp³-hybridized carbons (Fsp3) is 1.00. The van der Waals surface area contributed by atoms with Crippen LogP contribution in [-0.4, -0.2) is 37.6 Å². The van der Waals surface area contributed by atoms with Crippen LogP contribution in [0.2, 0.25) is 0 Å². The Hall–Kier alpha value is -0.0800. The van der Waals surface area contributed by atoms with Gasteiger partial charge in [0.05, 0.1) is 0 Å². The SMILES string of the molecule is CCCCCCCCC(NC)C(C)(C)N(C)C. The highest BCUT2D eigenvalue weighted by molar-refractivity contribution is 4.90. The topological polar surface area (TPSA) is 15.3 Å². The van der Waals surface area contributed by atoms with Crippen LogP contribution in [0.1, 0.15) is 65.7 Å². The van der Waals surface area contributed by atoms with Crippen molar-refractivity contribution in [3.63, 3.8) is 0 Å². The van der Waals surface area contributed by atoms with Crippen molar-refractivity contribution in [3.05, 3.63) is 0 Å². The van der Waals surface area contributed by atoms with E-state index in [1.165, 1.54) is 44.9 Å². The van der Waals surface area contributed by atoms with Crippen LogP contribution in [0.25, 0.3) is 0 Å². The fourth-order valence-electron chi connectivity index (χ4n) is 2.29. The summed E-state index contributed by atoms with van der Waals surface area (Å²) >= 11 is 0. The van der Waals surface area contributed by atoms with Crippen LogP contribution >= 0.6 is 0 Å². The van der Waals surface area contributed by atoms with Gasteiger partial charge in [-0.25, -0.2) is 0 Å². The Morgan fingerprint density at radius 2 is 1.53 bits per heavy atom. The maximum Gasteiger partial charge on any atom is 0.0300 e. The summed E-state index contributed by atoms with van der Waals surface area (Å²) in [6.45, 7) is 6.92. The van der Waals surface area contributed by atoms with Gasteiger partial charge in [-0.2, -0.15) is 0 Å². The maximum atomic E-state index is 3.48. The van der Waals surface area contributed by atoms with Crippen molar-refractivity contribution in [2.45, 2.75) is 77.3 Å².